The molecule has 0 bridgehead atoms. The molecule has 1 aromatic carbocycles. The third kappa shape index (κ3) is 5.43. The van der Waals surface area contributed by atoms with Crippen LogP contribution in [0, 0.1) is 5.41 Å². The second-order valence-electron chi connectivity index (χ2n) is 6.81. The second kappa shape index (κ2) is 7.44. The van der Waals surface area contributed by atoms with Gasteiger partial charge in [-0.3, -0.25) is 4.90 Å². The molecular weight excluding hydrogens is 268 g/mol. The lowest BCUT2D eigenvalue weighted by Gasteiger charge is -2.35. The van der Waals surface area contributed by atoms with Crippen molar-refractivity contribution in [2.24, 2.45) is 5.41 Å². The van der Waals surface area contributed by atoms with Crippen molar-refractivity contribution in [2.45, 2.75) is 46.7 Å². The summed E-state index contributed by atoms with van der Waals surface area (Å²) in [6.45, 7) is 13.2. The summed E-state index contributed by atoms with van der Waals surface area (Å²) in [5, 5.41) is 4.38. The Morgan fingerprint density at radius 1 is 1.20 bits per heavy atom. The first kappa shape index (κ1) is 17.5. The summed E-state index contributed by atoms with van der Waals surface area (Å²) in [7, 11) is 2.17. The Kier molecular flexibility index (Phi) is 6.50. The number of hydrogen-bond acceptors (Lipinski definition) is 2. The monoisotopic (exact) mass is 296 g/mol. The Bertz CT molecular complexity index is 415. The number of nitrogens with one attached hydrogen (secondary N) is 1. The number of hydrogen-bond donors (Lipinski definition) is 1. The van der Waals surface area contributed by atoms with Crippen LogP contribution >= 0.6 is 11.6 Å². The van der Waals surface area contributed by atoms with Crippen LogP contribution in [0.1, 0.15) is 46.2 Å². The zero-order valence-corrected chi connectivity index (χ0v) is 14.5. The van der Waals surface area contributed by atoms with Crippen LogP contribution in [0.3, 0.4) is 0 Å². The van der Waals surface area contributed by atoms with Gasteiger partial charge in [-0.15, -0.1) is 0 Å². The fourth-order valence-electron chi connectivity index (χ4n) is 2.40. The van der Waals surface area contributed by atoms with Gasteiger partial charge in [-0.25, -0.2) is 0 Å². The van der Waals surface area contributed by atoms with Gasteiger partial charge in [0.05, 0.1) is 0 Å². The fraction of sp³-hybridized carbons (Fsp3) is 0.647. The summed E-state index contributed by atoms with van der Waals surface area (Å²) < 4.78 is 0. The van der Waals surface area contributed by atoms with Gasteiger partial charge in [0.2, 0.25) is 0 Å². The average Bonchev–Trinajstić information content (AvgIpc) is 2.36. The van der Waals surface area contributed by atoms with E-state index in [1.807, 2.05) is 12.1 Å². The molecule has 0 aliphatic heterocycles. The molecule has 1 N–H and O–H groups in total. The minimum absolute atomic E-state index is 0.231. The highest BCUT2D eigenvalue weighted by Gasteiger charge is 2.24. The summed E-state index contributed by atoms with van der Waals surface area (Å²) in [4.78, 5) is 2.38. The largest absolute Gasteiger partial charge is 0.314 e. The normalized spacial score (nSPS) is 14.1. The maximum atomic E-state index is 6.30. The minimum atomic E-state index is 0.231. The van der Waals surface area contributed by atoms with Gasteiger partial charge in [0.15, 0.2) is 0 Å². The molecular formula is C17H29ClN2. The summed E-state index contributed by atoms with van der Waals surface area (Å²) >= 11 is 6.30. The molecule has 114 valence electrons. The third-order valence-electron chi connectivity index (χ3n) is 3.68. The van der Waals surface area contributed by atoms with E-state index in [1.165, 1.54) is 5.56 Å². The van der Waals surface area contributed by atoms with E-state index in [0.29, 0.717) is 12.1 Å². The van der Waals surface area contributed by atoms with E-state index >= 15 is 0 Å². The highest BCUT2D eigenvalue weighted by Crippen LogP contribution is 2.28. The maximum absolute atomic E-state index is 6.30. The van der Waals surface area contributed by atoms with Gasteiger partial charge in [-0.2, -0.15) is 0 Å². The molecule has 0 radical (unpaired) electrons. The van der Waals surface area contributed by atoms with Crippen LogP contribution < -0.4 is 5.32 Å². The topological polar surface area (TPSA) is 15.3 Å². The van der Waals surface area contributed by atoms with E-state index < -0.39 is 0 Å². The highest BCUT2D eigenvalue weighted by atomic mass is 35.5. The van der Waals surface area contributed by atoms with Gasteiger partial charge in [-0.05, 0) is 31.0 Å². The summed E-state index contributed by atoms with van der Waals surface area (Å²) in [6.07, 6.45) is 0. The molecule has 0 aliphatic carbocycles. The smallest absolute Gasteiger partial charge is 0.0453 e. The summed E-state index contributed by atoms with van der Waals surface area (Å²) in [5.41, 5.74) is 1.43. The number of benzene rings is 1. The van der Waals surface area contributed by atoms with Crippen molar-refractivity contribution >= 4 is 11.6 Å². The molecule has 1 atom stereocenters. The molecule has 1 unspecified atom stereocenters. The van der Waals surface area contributed by atoms with Crippen LogP contribution in [0.4, 0.5) is 0 Å². The zero-order valence-electron chi connectivity index (χ0n) is 13.7. The van der Waals surface area contributed by atoms with Crippen molar-refractivity contribution in [1.29, 1.82) is 0 Å². The van der Waals surface area contributed by atoms with Gasteiger partial charge in [-0.1, -0.05) is 57.5 Å². The van der Waals surface area contributed by atoms with E-state index in [0.717, 1.165) is 18.1 Å². The Labute approximate surface area is 129 Å². The van der Waals surface area contributed by atoms with Gasteiger partial charge in [0.25, 0.3) is 0 Å². The first-order valence-corrected chi connectivity index (χ1v) is 7.79. The molecule has 2 nitrogen and oxygen atoms in total. The SMILES string of the molecule is CC(C)NCC(C)(C)CN(C)C(C)c1ccccc1Cl. The lowest BCUT2D eigenvalue weighted by Crippen LogP contribution is -2.41. The Morgan fingerprint density at radius 3 is 2.35 bits per heavy atom. The highest BCUT2D eigenvalue weighted by molar-refractivity contribution is 6.31. The van der Waals surface area contributed by atoms with Crippen molar-refractivity contribution in [3.8, 4) is 0 Å². The third-order valence-corrected chi connectivity index (χ3v) is 4.03. The van der Waals surface area contributed by atoms with E-state index in [4.69, 9.17) is 11.6 Å². The molecule has 3 heteroatoms. The van der Waals surface area contributed by atoms with Crippen LogP contribution in [0.5, 0.6) is 0 Å². The second-order valence-corrected chi connectivity index (χ2v) is 7.22. The molecule has 0 saturated carbocycles. The number of halogens is 1. The number of rotatable bonds is 7. The predicted octanol–water partition coefficient (Wildman–Crippen LogP) is 4.36. The van der Waals surface area contributed by atoms with E-state index in [9.17, 15) is 0 Å². The first-order valence-electron chi connectivity index (χ1n) is 7.41. The fourth-order valence-corrected chi connectivity index (χ4v) is 2.69. The predicted molar refractivity (Wildman–Crippen MR) is 89.4 cm³/mol. The maximum Gasteiger partial charge on any atom is 0.0453 e. The first-order chi connectivity index (χ1) is 9.23. The van der Waals surface area contributed by atoms with Crippen molar-refractivity contribution in [3.63, 3.8) is 0 Å². The molecule has 0 spiro atoms. The molecule has 1 rings (SSSR count). The summed E-state index contributed by atoms with van der Waals surface area (Å²) in [5.74, 6) is 0. The van der Waals surface area contributed by atoms with Crippen molar-refractivity contribution in [1.82, 2.24) is 10.2 Å². The lowest BCUT2D eigenvalue weighted by molar-refractivity contribution is 0.164. The minimum Gasteiger partial charge on any atom is -0.314 e. The molecule has 0 heterocycles. The van der Waals surface area contributed by atoms with Crippen molar-refractivity contribution in [2.75, 3.05) is 20.1 Å². The molecule has 1 aromatic rings. The molecule has 0 saturated heterocycles. The van der Waals surface area contributed by atoms with Crippen LogP contribution in [-0.2, 0) is 0 Å². The standard InChI is InChI=1S/C17H29ClN2/c1-13(2)19-11-17(4,5)12-20(6)14(3)15-9-7-8-10-16(15)18/h7-10,13-14,19H,11-12H2,1-6H3. The molecule has 0 aromatic heterocycles. The lowest BCUT2D eigenvalue weighted by atomic mass is 9.91. The van der Waals surface area contributed by atoms with Crippen LogP contribution in [0.25, 0.3) is 0 Å². The molecule has 20 heavy (non-hydrogen) atoms. The Balaban J connectivity index is 2.66. The molecule has 0 aliphatic rings. The van der Waals surface area contributed by atoms with Crippen molar-refractivity contribution < 1.29 is 0 Å². The quantitative estimate of drug-likeness (QED) is 0.804. The average molecular weight is 297 g/mol. The van der Waals surface area contributed by atoms with Crippen LogP contribution in [0.2, 0.25) is 5.02 Å². The van der Waals surface area contributed by atoms with E-state index in [-0.39, 0.29) is 5.41 Å². The van der Waals surface area contributed by atoms with Crippen LogP contribution in [0.15, 0.2) is 24.3 Å². The van der Waals surface area contributed by atoms with E-state index in [2.05, 4.69) is 64.0 Å². The van der Waals surface area contributed by atoms with Gasteiger partial charge < -0.3 is 5.32 Å². The van der Waals surface area contributed by atoms with E-state index in [1.54, 1.807) is 0 Å². The van der Waals surface area contributed by atoms with Gasteiger partial charge in [0.1, 0.15) is 0 Å². The Hall–Kier alpha value is -0.570. The molecule has 0 fully saturated rings. The van der Waals surface area contributed by atoms with Gasteiger partial charge >= 0.3 is 0 Å². The zero-order chi connectivity index (χ0) is 15.3. The number of nitrogens with zero attached hydrogens (tertiary/aromatic N) is 1. The van der Waals surface area contributed by atoms with Crippen molar-refractivity contribution in [3.05, 3.63) is 34.9 Å². The molecule has 0 amide bonds. The van der Waals surface area contributed by atoms with Crippen LogP contribution in [-0.4, -0.2) is 31.1 Å². The summed E-state index contributed by atoms with van der Waals surface area (Å²) in [6, 6.07) is 8.96. The van der Waals surface area contributed by atoms with Gasteiger partial charge in [0, 0.05) is 30.2 Å². The Morgan fingerprint density at radius 2 is 1.80 bits per heavy atom.